The van der Waals surface area contributed by atoms with E-state index in [9.17, 15) is 4.79 Å². The fraction of sp³-hybridized carbons (Fsp3) is 0.333. The zero-order valence-electron chi connectivity index (χ0n) is 15.7. The summed E-state index contributed by atoms with van der Waals surface area (Å²) < 4.78 is 5.16. The molecule has 1 aliphatic heterocycles. The summed E-state index contributed by atoms with van der Waals surface area (Å²) in [5, 5.41) is 6.19. The van der Waals surface area contributed by atoms with Crippen molar-refractivity contribution >= 4 is 34.6 Å². The molecule has 27 heavy (non-hydrogen) atoms. The van der Waals surface area contributed by atoms with Gasteiger partial charge in [0.2, 0.25) is 0 Å². The summed E-state index contributed by atoms with van der Waals surface area (Å²) in [5.41, 5.74) is 2.52. The van der Waals surface area contributed by atoms with Gasteiger partial charge < -0.3 is 15.0 Å². The number of thiocarbonyl (C=S) groups is 1. The Labute approximate surface area is 165 Å². The van der Waals surface area contributed by atoms with E-state index in [4.69, 9.17) is 17.0 Å². The highest BCUT2D eigenvalue weighted by molar-refractivity contribution is 7.80. The third-order valence-electron chi connectivity index (χ3n) is 4.84. The summed E-state index contributed by atoms with van der Waals surface area (Å²) in [7, 11) is 1.57. The van der Waals surface area contributed by atoms with Crippen LogP contribution < -0.4 is 20.3 Å². The number of hydrogen-bond donors (Lipinski definition) is 2. The van der Waals surface area contributed by atoms with Gasteiger partial charge in [0.05, 0.1) is 18.5 Å². The molecule has 6 heteroatoms. The highest BCUT2D eigenvalue weighted by Crippen LogP contribution is 2.29. The molecule has 0 spiro atoms. The maximum atomic E-state index is 12.4. The Morgan fingerprint density at radius 2 is 1.89 bits per heavy atom. The molecule has 3 rings (SSSR count). The van der Waals surface area contributed by atoms with Crippen LogP contribution in [0.15, 0.2) is 48.5 Å². The van der Waals surface area contributed by atoms with Crippen LogP contribution in [0.4, 0.5) is 11.4 Å². The molecule has 0 saturated carbocycles. The number of benzene rings is 2. The van der Waals surface area contributed by atoms with Crippen LogP contribution in [0.5, 0.6) is 5.75 Å². The Bertz CT molecular complexity index is 817. The lowest BCUT2D eigenvalue weighted by atomic mass is 9.98. The molecule has 0 atom stereocenters. The van der Waals surface area contributed by atoms with Gasteiger partial charge in [0.15, 0.2) is 5.11 Å². The van der Waals surface area contributed by atoms with E-state index in [0.717, 1.165) is 30.4 Å². The van der Waals surface area contributed by atoms with Crippen molar-refractivity contribution in [2.75, 3.05) is 30.4 Å². The van der Waals surface area contributed by atoms with Gasteiger partial charge in [-0.2, -0.15) is 0 Å². The maximum Gasteiger partial charge on any atom is 0.257 e. The quantitative estimate of drug-likeness (QED) is 0.780. The molecule has 2 N–H and O–H groups in total. The number of rotatable bonds is 4. The molecular formula is C21H25N3O2S. The predicted molar refractivity (Wildman–Crippen MR) is 114 cm³/mol. The molecule has 0 bridgehead atoms. The fourth-order valence-electron chi connectivity index (χ4n) is 3.20. The topological polar surface area (TPSA) is 53.6 Å². The predicted octanol–water partition coefficient (Wildman–Crippen LogP) is 4.06. The Balaban J connectivity index is 1.66. The first kappa shape index (κ1) is 19.2. The molecule has 0 unspecified atom stereocenters. The minimum absolute atomic E-state index is 0.268. The second-order valence-electron chi connectivity index (χ2n) is 6.83. The van der Waals surface area contributed by atoms with Crippen LogP contribution in [0.1, 0.15) is 30.1 Å². The summed E-state index contributed by atoms with van der Waals surface area (Å²) in [5.74, 6) is 1.13. The molecule has 1 aliphatic rings. The van der Waals surface area contributed by atoms with Crippen molar-refractivity contribution in [3.8, 4) is 5.75 Å². The van der Waals surface area contributed by atoms with Gasteiger partial charge in [0.1, 0.15) is 5.75 Å². The molecule has 0 aromatic heterocycles. The Hall–Kier alpha value is -2.60. The monoisotopic (exact) mass is 383 g/mol. The number of carbonyl (C=O) groups excluding carboxylic acids is 1. The second kappa shape index (κ2) is 8.86. The molecule has 0 aliphatic carbocycles. The van der Waals surface area contributed by atoms with E-state index >= 15 is 0 Å². The number of carbonyl (C=O) groups is 1. The van der Waals surface area contributed by atoms with Crippen molar-refractivity contribution in [2.45, 2.75) is 19.8 Å². The molecule has 142 valence electrons. The summed E-state index contributed by atoms with van der Waals surface area (Å²) in [6.45, 7) is 4.36. The van der Waals surface area contributed by atoms with Crippen molar-refractivity contribution < 1.29 is 9.53 Å². The summed E-state index contributed by atoms with van der Waals surface area (Å²) in [6, 6.07) is 15.0. The Kier molecular flexibility index (Phi) is 6.29. The average molecular weight is 384 g/mol. The number of nitrogens with zero attached hydrogens (tertiary/aromatic N) is 1. The zero-order chi connectivity index (χ0) is 19.2. The van der Waals surface area contributed by atoms with Gasteiger partial charge in [-0.25, -0.2) is 0 Å². The van der Waals surface area contributed by atoms with Gasteiger partial charge in [-0.15, -0.1) is 0 Å². The van der Waals surface area contributed by atoms with E-state index in [-0.39, 0.29) is 11.0 Å². The van der Waals surface area contributed by atoms with Crippen LogP contribution in [0.3, 0.4) is 0 Å². The number of amides is 1. The highest BCUT2D eigenvalue weighted by atomic mass is 32.1. The van der Waals surface area contributed by atoms with Gasteiger partial charge in [-0.05, 0) is 61.3 Å². The third kappa shape index (κ3) is 4.98. The smallest absolute Gasteiger partial charge is 0.257 e. The van der Waals surface area contributed by atoms with Crippen molar-refractivity contribution in [1.82, 2.24) is 5.32 Å². The van der Waals surface area contributed by atoms with Gasteiger partial charge >= 0.3 is 0 Å². The number of para-hydroxylation sites is 2. The van der Waals surface area contributed by atoms with E-state index in [0.29, 0.717) is 11.3 Å². The fourth-order valence-corrected chi connectivity index (χ4v) is 3.40. The minimum Gasteiger partial charge on any atom is -0.497 e. The molecule has 1 amide bonds. The molecule has 1 heterocycles. The SMILES string of the molecule is COc1cccc(C(=O)NC(=S)Nc2ccccc2N2CCC(C)CC2)c1. The first-order valence-corrected chi connectivity index (χ1v) is 9.58. The molecular weight excluding hydrogens is 358 g/mol. The van der Waals surface area contributed by atoms with Crippen molar-refractivity contribution in [1.29, 1.82) is 0 Å². The van der Waals surface area contributed by atoms with Crippen molar-refractivity contribution in [2.24, 2.45) is 5.92 Å². The van der Waals surface area contributed by atoms with Crippen LogP contribution in [-0.4, -0.2) is 31.2 Å². The maximum absolute atomic E-state index is 12.4. The van der Waals surface area contributed by atoms with Gasteiger partial charge in [-0.1, -0.05) is 25.1 Å². The Morgan fingerprint density at radius 3 is 2.63 bits per heavy atom. The first-order valence-electron chi connectivity index (χ1n) is 9.17. The van der Waals surface area contributed by atoms with Crippen LogP contribution in [0.2, 0.25) is 0 Å². The number of hydrogen-bond acceptors (Lipinski definition) is 4. The number of methoxy groups -OCH3 is 1. The van der Waals surface area contributed by atoms with Crippen LogP contribution in [0.25, 0.3) is 0 Å². The van der Waals surface area contributed by atoms with Crippen LogP contribution >= 0.6 is 12.2 Å². The van der Waals surface area contributed by atoms with Gasteiger partial charge in [0, 0.05) is 18.7 Å². The van der Waals surface area contributed by atoms with Crippen LogP contribution in [0, 0.1) is 5.92 Å². The number of ether oxygens (including phenoxy) is 1. The lowest BCUT2D eigenvalue weighted by molar-refractivity contribution is 0.0977. The Morgan fingerprint density at radius 1 is 1.15 bits per heavy atom. The second-order valence-corrected chi connectivity index (χ2v) is 7.24. The minimum atomic E-state index is -0.268. The summed E-state index contributed by atoms with van der Waals surface area (Å²) in [6.07, 6.45) is 2.37. The van der Waals surface area contributed by atoms with E-state index in [2.05, 4.69) is 28.5 Å². The molecule has 1 saturated heterocycles. The summed E-state index contributed by atoms with van der Waals surface area (Å²) >= 11 is 5.36. The van der Waals surface area contributed by atoms with Gasteiger partial charge in [-0.3, -0.25) is 10.1 Å². The van der Waals surface area contributed by atoms with E-state index in [1.165, 1.54) is 12.8 Å². The molecule has 5 nitrogen and oxygen atoms in total. The van der Waals surface area contributed by atoms with E-state index < -0.39 is 0 Å². The molecule has 0 radical (unpaired) electrons. The van der Waals surface area contributed by atoms with E-state index in [1.807, 2.05) is 18.2 Å². The standard InChI is InChI=1S/C21H25N3O2S/c1-15-10-12-24(13-11-15)19-9-4-3-8-18(19)22-21(27)23-20(25)16-6-5-7-17(14-16)26-2/h3-9,14-15H,10-13H2,1-2H3,(H2,22,23,25,27). The average Bonchev–Trinajstić information content (AvgIpc) is 2.69. The lowest BCUT2D eigenvalue weighted by Gasteiger charge is -2.33. The molecule has 2 aromatic rings. The zero-order valence-corrected chi connectivity index (χ0v) is 16.5. The number of piperidine rings is 1. The van der Waals surface area contributed by atoms with Crippen molar-refractivity contribution in [3.05, 3.63) is 54.1 Å². The van der Waals surface area contributed by atoms with Crippen molar-refractivity contribution in [3.63, 3.8) is 0 Å². The molecule has 1 fully saturated rings. The third-order valence-corrected chi connectivity index (χ3v) is 5.04. The van der Waals surface area contributed by atoms with Gasteiger partial charge in [0.25, 0.3) is 5.91 Å². The normalized spacial score (nSPS) is 14.5. The van der Waals surface area contributed by atoms with Crippen LogP contribution in [-0.2, 0) is 0 Å². The van der Waals surface area contributed by atoms with E-state index in [1.54, 1.807) is 31.4 Å². The highest BCUT2D eigenvalue weighted by Gasteiger charge is 2.19. The summed E-state index contributed by atoms with van der Waals surface area (Å²) in [4.78, 5) is 14.8. The number of nitrogens with one attached hydrogen (secondary N) is 2. The molecule has 2 aromatic carbocycles. The largest absolute Gasteiger partial charge is 0.497 e. The lowest BCUT2D eigenvalue weighted by Crippen LogP contribution is -2.36. The first-order chi connectivity index (χ1) is 13.1. The number of anilines is 2.